The van der Waals surface area contributed by atoms with Crippen molar-refractivity contribution in [3.8, 4) is 6.07 Å². The molecule has 1 aliphatic heterocycles. The number of nitrogens with one attached hydrogen (secondary N) is 1. The number of aromatic amines is 1. The third kappa shape index (κ3) is 2.01. The molecule has 3 rings (SSSR count). The summed E-state index contributed by atoms with van der Waals surface area (Å²) in [6.07, 6.45) is 2.90. The average Bonchev–Trinajstić information content (AvgIpc) is 2.87. The SMILES string of the molecule is N#Cc1ccccc1CN1CCc2[nH]ncc2C1. The second-order valence-electron chi connectivity index (χ2n) is 4.60. The molecule has 1 aliphatic rings. The van der Waals surface area contributed by atoms with Crippen LogP contribution in [0.1, 0.15) is 22.4 Å². The van der Waals surface area contributed by atoms with E-state index in [1.54, 1.807) is 0 Å². The lowest BCUT2D eigenvalue weighted by molar-refractivity contribution is 0.244. The summed E-state index contributed by atoms with van der Waals surface area (Å²) in [6.45, 7) is 2.74. The number of H-pyrrole nitrogens is 1. The summed E-state index contributed by atoms with van der Waals surface area (Å²) >= 11 is 0. The first-order valence-electron chi connectivity index (χ1n) is 6.08. The average molecular weight is 238 g/mol. The van der Waals surface area contributed by atoms with Gasteiger partial charge in [-0.2, -0.15) is 10.4 Å². The zero-order chi connectivity index (χ0) is 12.4. The maximum Gasteiger partial charge on any atom is 0.0995 e. The molecular formula is C14H14N4. The molecule has 0 spiro atoms. The zero-order valence-corrected chi connectivity index (χ0v) is 10.1. The lowest BCUT2D eigenvalue weighted by Gasteiger charge is -2.26. The molecule has 18 heavy (non-hydrogen) atoms. The number of hydrogen-bond donors (Lipinski definition) is 1. The Hall–Kier alpha value is -2.12. The lowest BCUT2D eigenvalue weighted by atomic mass is 10.0. The Morgan fingerprint density at radius 3 is 3.17 bits per heavy atom. The van der Waals surface area contributed by atoms with E-state index in [1.807, 2.05) is 30.5 Å². The van der Waals surface area contributed by atoms with E-state index in [9.17, 15) is 0 Å². The second kappa shape index (κ2) is 4.63. The molecule has 4 nitrogen and oxygen atoms in total. The van der Waals surface area contributed by atoms with Gasteiger partial charge in [-0.15, -0.1) is 0 Å². The van der Waals surface area contributed by atoms with Gasteiger partial charge in [-0.05, 0) is 11.6 Å². The molecule has 0 amide bonds. The fourth-order valence-corrected chi connectivity index (χ4v) is 2.42. The summed E-state index contributed by atoms with van der Waals surface area (Å²) in [7, 11) is 0. The molecule has 0 bridgehead atoms. The smallest absolute Gasteiger partial charge is 0.0995 e. The summed E-state index contributed by atoms with van der Waals surface area (Å²) in [6, 6.07) is 10.1. The van der Waals surface area contributed by atoms with Gasteiger partial charge in [-0.1, -0.05) is 18.2 Å². The first-order chi connectivity index (χ1) is 8.86. The Labute approximate surface area is 106 Å². The fourth-order valence-electron chi connectivity index (χ4n) is 2.42. The Bertz CT molecular complexity index is 594. The van der Waals surface area contributed by atoms with Gasteiger partial charge in [0.15, 0.2) is 0 Å². The Kier molecular flexibility index (Phi) is 2.83. The molecule has 2 heterocycles. The topological polar surface area (TPSA) is 55.7 Å². The first kappa shape index (κ1) is 11.0. The molecule has 0 atom stereocenters. The molecule has 90 valence electrons. The number of nitrogens with zero attached hydrogens (tertiary/aromatic N) is 3. The lowest BCUT2D eigenvalue weighted by Crippen LogP contribution is -2.29. The van der Waals surface area contributed by atoms with Crippen LogP contribution in [-0.4, -0.2) is 21.6 Å². The summed E-state index contributed by atoms with van der Waals surface area (Å²) in [5, 5.41) is 16.2. The van der Waals surface area contributed by atoms with Crippen LogP contribution in [0.15, 0.2) is 30.5 Å². The van der Waals surface area contributed by atoms with Crippen molar-refractivity contribution in [3.05, 3.63) is 52.8 Å². The molecule has 1 N–H and O–H groups in total. The number of fused-ring (bicyclic) bond motifs is 1. The summed E-state index contributed by atoms with van der Waals surface area (Å²) in [5.74, 6) is 0. The van der Waals surface area contributed by atoms with Crippen molar-refractivity contribution in [3.63, 3.8) is 0 Å². The largest absolute Gasteiger partial charge is 0.294 e. The number of aromatic nitrogens is 2. The highest BCUT2D eigenvalue weighted by atomic mass is 15.2. The van der Waals surface area contributed by atoms with Crippen LogP contribution in [0.2, 0.25) is 0 Å². The Morgan fingerprint density at radius 2 is 2.28 bits per heavy atom. The molecule has 0 aliphatic carbocycles. The molecule has 1 aromatic heterocycles. The minimum atomic E-state index is 0.774. The van der Waals surface area contributed by atoms with Crippen molar-refractivity contribution in [2.45, 2.75) is 19.5 Å². The van der Waals surface area contributed by atoms with Crippen molar-refractivity contribution in [1.82, 2.24) is 15.1 Å². The van der Waals surface area contributed by atoms with Gasteiger partial charge in [-0.3, -0.25) is 10.00 Å². The van der Waals surface area contributed by atoms with Gasteiger partial charge < -0.3 is 0 Å². The van der Waals surface area contributed by atoms with Crippen LogP contribution in [0.25, 0.3) is 0 Å². The van der Waals surface area contributed by atoms with E-state index in [0.717, 1.165) is 37.2 Å². The van der Waals surface area contributed by atoms with E-state index in [0.29, 0.717) is 0 Å². The van der Waals surface area contributed by atoms with Crippen molar-refractivity contribution >= 4 is 0 Å². The maximum atomic E-state index is 9.09. The molecule has 0 fully saturated rings. The van der Waals surface area contributed by atoms with Crippen LogP contribution in [0.5, 0.6) is 0 Å². The van der Waals surface area contributed by atoms with E-state index in [2.05, 4.69) is 21.2 Å². The van der Waals surface area contributed by atoms with Crippen LogP contribution >= 0.6 is 0 Å². The third-order valence-corrected chi connectivity index (χ3v) is 3.41. The highest BCUT2D eigenvalue weighted by Gasteiger charge is 2.18. The highest BCUT2D eigenvalue weighted by molar-refractivity contribution is 5.37. The first-order valence-corrected chi connectivity index (χ1v) is 6.08. The van der Waals surface area contributed by atoms with E-state index < -0.39 is 0 Å². The minimum Gasteiger partial charge on any atom is -0.294 e. The molecule has 4 heteroatoms. The van der Waals surface area contributed by atoms with E-state index in [4.69, 9.17) is 5.26 Å². The van der Waals surface area contributed by atoms with Crippen LogP contribution in [0.4, 0.5) is 0 Å². The van der Waals surface area contributed by atoms with Gasteiger partial charge in [0.1, 0.15) is 0 Å². The van der Waals surface area contributed by atoms with Gasteiger partial charge in [0.25, 0.3) is 0 Å². The van der Waals surface area contributed by atoms with Crippen molar-refractivity contribution < 1.29 is 0 Å². The van der Waals surface area contributed by atoms with Crippen LogP contribution in [0.3, 0.4) is 0 Å². The predicted octanol–water partition coefficient (Wildman–Crippen LogP) is 1.84. The van der Waals surface area contributed by atoms with Crippen LogP contribution in [0, 0.1) is 11.3 Å². The molecule has 0 unspecified atom stereocenters. The quantitative estimate of drug-likeness (QED) is 0.868. The molecule has 0 saturated carbocycles. The number of rotatable bonds is 2. The normalized spacial score (nSPS) is 15.1. The van der Waals surface area contributed by atoms with Gasteiger partial charge in [0.2, 0.25) is 0 Å². The predicted molar refractivity (Wildman–Crippen MR) is 67.6 cm³/mol. The number of benzene rings is 1. The van der Waals surface area contributed by atoms with Gasteiger partial charge in [-0.25, -0.2) is 0 Å². The minimum absolute atomic E-state index is 0.774. The Morgan fingerprint density at radius 1 is 1.39 bits per heavy atom. The number of nitriles is 1. The van der Waals surface area contributed by atoms with Crippen molar-refractivity contribution in [2.75, 3.05) is 6.54 Å². The van der Waals surface area contributed by atoms with Gasteiger partial charge in [0.05, 0.1) is 17.8 Å². The summed E-state index contributed by atoms with van der Waals surface area (Å²) in [4.78, 5) is 2.36. The molecule has 2 aromatic rings. The third-order valence-electron chi connectivity index (χ3n) is 3.41. The van der Waals surface area contributed by atoms with E-state index >= 15 is 0 Å². The maximum absolute atomic E-state index is 9.09. The molecule has 0 saturated heterocycles. The van der Waals surface area contributed by atoms with Crippen LogP contribution < -0.4 is 0 Å². The second-order valence-corrected chi connectivity index (χ2v) is 4.60. The molecule has 1 aromatic carbocycles. The van der Waals surface area contributed by atoms with Crippen molar-refractivity contribution in [2.24, 2.45) is 0 Å². The van der Waals surface area contributed by atoms with Crippen LogP contribution in [-0.2, 0) is 19.5 Å². The fraction of sp³-hybridized carbons (Fsp3) is 0.286. The standard InChI is InChI=1S/C14H14N4/c15-7-11-3-1-2-4-12(11)9-18-6-5-14-13(10-18)8-16-17-14/h1-4,8H,5-6,9-10H2,(H,16,17). The number of hydrogen-bond acceptors (Lipinski definition) is 3. The van der Waals surface area contributed by atoms with Crippen molar-refractivity contribution in [1.29, 1.82) is 5.26 Å². The Balaban J connectivity index is 1.77. The highest BCUT2D eigenvalue weighted by Crippen LogP contribution is 2.19. The van der Waals surface area contributed by atoms with E-state index in [1.165, 1.54) is 11.3 Å². The summed E-state index contributed by atoms with van der Waals surface area (Å²) in [5.41, 5.74) is 4.40. The summed E-state index contributed by atoms with van der Waals surface area (Å²) < 4.78 is 0. The monoisotopic (exact) mass is 238 g/mol. The van der Waals surface area contributed by atoms with Gasteiger partial charge >= 0.3 is 0 Å². The molecular weight excluding hydrogens is 224 g/mol. The van der Waals surface area contributed by atoms with Gasteiger partial charge in [0, 0.05) is 37.3 Å². The molecule has 0 radical (unpaired) electrons. The zero-order valence-electron chi connectivity index (χ0n) is 10.1. The van der Waals surface area contributed by atoms with E-state index in [-0.39, 0.29) is 0 Å².